The van der Waals surface area contributed by atoms with Gasteiger partial charge in [0, 0.05) is 10.5 Å². The van der Waals surface area contributed by atoms with Crippen LogP contribution < -0.4 is 5.32 Å². The first-order valence-electron chi connectivity index (χ1n) is 7.14. The molecule has 1 rings (SSSR count). The summed E-state index contributed by atoms with van der Waals surface area (Å²) in [6.07, 6.45) is 2.42. The number of nitrogens with zero attached hydrogens (tertiary/aromatic N) is 1. The Balaban J connectivity index is 2.42. The van der Waals surface area contributed by atoms with Gasteiger partial charge in [0.05, 0.1) is 0 Å². The van der Waals surface area contributed by atoms with Crippen molar-refractivity contribution in [2.75, 3.05) is 27.2 Å². The smallest absolute Gasteiger partial charge is 0.0329 e. The summed E-state index contributed by atoms with van der Waals surface area (Å²) in [6.45, 7) is 6.89. The first-order valence-corrected chi connectivity index (χ1v) is 7.93. The Morgan fingerprint density at radius 3 is 2.21 bits per heavy atom. The SMILES string of the molecule is CNC(CCN(C)CCC(C)C)c1ccc(Br)cc1. The van der Waals surface area contributed by atoms with Crippen molar-refractivity contribution in [2.24, 2.45) is 5.92 Å². The highest BCUT2D eigenvalue weighted by Crippen LogP contribution is 2.19. The van der Waals surface area contributed by atoms with E-state index in [1.165, 1.54) is 18.5 Å². The molecule has 1 atom stereocenters. The van der Waals surface area contributed by atoms with Gasteiger partial charge >= 0.3 is 0 Å². The highest BCUT2D eigenvalue weighted by molar-refractivity contribution is 9.10. The molecule has 108 valence electrons. The Labute approximate surface area is 126 Å². The van der Waals surface area contributed by atoms with Gasteiger partial charge < -0.3 is 10.2 Å². The molecule has 1 aromatic carbocycles. The molecule has 0 fully saturated rings. The van der Waals surface area contributed by atoms with Gasteiger partial charge in [0.15, 0.2) is 0 Å². The minimum Gasteiger partial charge on any atom is -0.313 e. The fraction of sp³-hybridized carbons (Fsp3) is 0.625. The molecular weight excluding hydrogens is 300 g/mol. The van der Waals surface area contributed by atoms with Crippen LogP contribution in [0, 0.1) is 5.92 Å². The van der Waals surface area contributed by atoms with Gasteiger partial charge in [-0.2, -0.15) is 0 Å². The summed E-state index contributed by atoms with van der Waals surface area (Å²) in [5.41, 5.74) is 1.36. The monoisotopic (exact) mass is 326 g/mol. The van der Waals surface area contributed by atoms with E-state index in [0.29, 0.717) is 6.04 Å². The van der Waals surface area contributed by atoms with Crippen molar-refractivity contribution in [2.45, 2.75) is 32.7 Å². The highest BCUT2D eigenvalue weighted by atomic mass is 79.9. The van der Waals surface area contributed by atoms with Crippen molar-refractivity contribution in [1.82, 2.24) is 10.2 Å². The molecule has 0 heterocycles. The molecule has 0 aliphatic carbocycles. The van der Waals surface area contributed by atoms with Crippen LogP contribution in [-0.2, 0) is 0 Å². The number of halogens is 1. The van der Waals surface area contributed by atoms with Gasteiger partial charge in [-0.15, -0.1) is 0 Å². The molecule has 0 radical (unpaired) electrons. The second-order valence-electron chi connectivity index (χ2n) is 5.67. The van der Waals surface area contributed by atoms with Crippen LogP contribution in [0.15, 0.2) is 28.7 Å². The van der Waals surface area contributed by atoms with E-state index < -0.39 is 0 Å². The fourth-order valence-electron chi connectivity index (χ4n) is 2.11. The lowest BCUT2D eigenvalue weighted by Crippen LogP contribution is -2.26. The summed E-state index contributed by atoms with van der Waals surface area (Å²) < 4.78 is 1.14. The molecule has 0 saturated heterocycles. The molecule has 1 unspecified atom stereocenters. The van der Waals surface area contributed by atoms with E-state index in [9.17, 15) is 0 Å². The predicted molar refractivity (Wildman–Crippen MR) is 87.5 cm³/mol. The number of hydrogen-bond acceptors (Lipinski definition) is 2. The first-order chi connectivity index (χ1) is 9.02. The summed E-state index contributed by atoms with van der Waals surface area (Å²) in [6, 6.07) is 9.05. The third-order valence-electron chi connectivity index (χ3n) is 3.51. The van der Waals surface area contributed by atoms with Crippen LogP contribution in [0.1, 0.15) is 38.3 Å². The number of nitrogens with one attached hydrogen (secondary N) is 1. The predicted octanol–water partition coefficient (Wildman–Crippen LogP) is 4.08. The van der Waals surface area contributed by atoms with Crippen molar-refractivity contribution < 1.29 is 0 Å². The van der Waals surface area contributed by atoms with E-state index in [0.717, 1.165) is 23.4 Å². The zero-order chi connectivity index (χ0) is 14.3. The number of rotatable bonds is 8. The van der Waals surface area contributed by atoms with Gasteiger partial charge in [-0.1, -0.05) is 41.9 Å². The quantitative estimate of drug-likeness (QED) is 0.774. The Morgan fingerprint density at radius 2 is 1.68 bits per heavy atom. The first kappa shape index (κ1) is 16.7. The standard InChI is InChI=1S/C16H27BrN2/c1-13(2)9-11-19(4)12-10-16(18-3)14-5-7-15(17)8-6-14/h5-8,13,16,18H,9-12H2,1-4H3. The summed E-state index contributed by atoms with van der Waals surface area (Å²) >= 11 is 3.48. The van der Waals surface area contributed by atoms with E-state index in [1.807, 2.05) is 7.05 Å². The average molecular weight is 327 g/mol. The van der Waals surface area contributed by atoms with Crippen molar-refractivity contribution in [3.8, 4) is 0 Å². The summed E-state index contributed by atoms with van der Waals surface area (Å²) in [7, 11) is 4.26. The Bertz CT molecular complexity index is 348. The molecule has 0 saturated carbocycles. The van der Waals surface area contributed by atoms with Gasteiger partial charge in [0.25, 0.3) is 0 Å². The molecule has 0 amide bonds. The zero-order valence-electron chi connectivity index (χ0n) is 12.6. The lowest BCUT2D eigenvalue weighted by atomic mass is 10.0. The fourth-order valence-corrected chi connectivity index (χ4v) is 2.38. The van der Waals surface area contributed by atoms with Gasteiger partial charge in [-0.05, 0) is 63.6 Å². The minimum absolute atomic E-state index is 0.439. The number of benzene rings is 1. The van der Waals surface area contributed by atoms with Crippen molar-refractivity contribution >= 4 is 15.9 Å². The van der Waals surface area contributed by atoms with Gasteiger partial charge in [-0.3, -0.25) is 0 Å². The molecule has 1 N–H and O–H groups in total. The summed E-state index contributed by atoms with van der Waals surface area (Å²) in [4.78, 5) is 2.43. The van der Waals surface area contributed by atoms with Crippen LogP contribution in [0.4, 0.5) is 0 Å². The highest BCUT2D eigenvalue weighted by Gasteiger charge is 2.10. The summed E-state index contributed by atoms with van der Waals surface area (Å²) in [5, 5.41) is 3.42. The Hall–Kier alpha value is -0.380. The van der Waals surface area contributed by atoms with Crippen LogP contribution in [0.5, 0.6) is 0 Å². The van der Waals surface area contributed by atoms with Crippen LogP contribution in [0.3, 0.4) is 0 Å². The normalized spacial score (nSPS) is 13.2. The van der Waals surface area contributed by atoms with Gasteiger partial charge in [-0.25, -0.2) is 0 Å². The van der Waals surface area contributed by atoms with Crippen molar-refractivity contribution in [1.29, 1.82) is 0 Å². The van der Waals surface area contributed by atoms with Crippen LogP contribution in [0.25, 0.3) is 0 Å². The van der Waals surface area contributed by atoms with Crippen molar-refractivity contribution in [3.63, 3.8) is 0 Å². The maximum absolute atomic E-state index is 3.48. The van der Waals surface area contributed by atoms with E-state index >= 15 is 0 Å². The third kappa shape index (κ3) is 6.55. The maximum atomic E-state index is 3.48. The van der Waals surface area contributed by atoms with Crippen molar-refractivity contribution in [3.05, 3.63) is 34.3 Å². The molecule has 0 aliphatic heterocycles. The zero-order valence-corrected chi connectivity index (χ0v) is 14.2. The molecule has 3 heteroatoms. The van der Waals surface area contributed by atoms with Crippen LogP contribution in [0.2, 0.25) is 0 Å². The molecule has 0 spiro atoms. The van der Waals surface area contributed by atoms with Gasteiger partial charge in [0.2, 0.25) is 0 Å². The van der Waals surface area contributed by atoms with E-state index in [2.05, 4.69) is 71.3 Å². The van der Waals surface area contributed by atoms with Crippen LogP contribution >= 0.6 is 15.9 Å². The molecule has 0 bridgehead atoms. The molecule has 1 aromatic rings. The van der Waals surface area contributed by atoms with E-state index in [1.54, 1.807) is 0 Å². The topological polar surface area (TPSA) is 15.3 Å². The lowest BCUT2D eigenvalue weighted by Gasteiger charge is -2.22. The summed E-state index contributed by atoms with van der Waals surface area (Å²) in [5.74, 6) is 0.786. The largest absolute Gasteiger partial charge is 0.313 e. The van der Waals surface area contributed by atoms with E-state index in [-0.39, 0.29) is 0 Å². The lowest BCUT2D eigenvalue weighted by molar-refractivity contribution is 0.292. The van der Waals surface area contributed by atoms with E-state index in [4.69, 9.17) is 0 Å². The second kappa shape index (κ2) is 8.72. The van der Waals surface area contributed by atoms with Gasteiger partial charge in [0.1, 0.15) is 0 Å². The number of hydrogen-bond donors (Lipinski definition) is 1. The molecule has 0 aliphatic rings. The average Bonchev–Trinajstić information content (AvgIpc) is 2.39. The molecule has 19 heavy (non-hydrogen) atoms. The molecule has 2 nitrogen and oxygen atoms in total. The molecule has 0 aromatic heterocycles. The Kier molecular flexibility index (Phi) is 7.66. The second-order valence-corrected chi connectivity index (χ2v) is 6.58. The minimum atomic E-state index is 0.439. The van der Waals surface area contributed by atoms with Crippen LogP contribution in [-0.4, -0.2) is 32.1 Å². The Morgan fingerprint density at radius 1 is 1.11 bits per heavy atom. The third-order valence-corrected chi connectivity index (χ3v) is 4.04. The molecular formula is C16H27BrN2. The maximum Gasteiger partial charge on any atom is 0.0329 e.